The molecular weight excluding hydrogens is 835 g/mol. The SMILES string of the molecule is C=C(/C=C/C=C1/N(C)c2ccccc2C1(C)C)C(C)(Cc1ccccc1)c1cc(C)c(Cc2cc3c(cc2C)C(C)(Cc2ccccc2)C(=CC=CC2=[N+](C)c4ccccc4C2(C)C)N3C)cc1C. The molecule has 3 aliphatic heterocycles. The van der Waals surface area contributed by atoms with Gasteiger partial charge in [0.05, 0.1) is 5.41 Å². The van der Waals surface area contributed by atoms with E-state index in [0.717, 1.165) is 24.8 Å². The Bertz CT molecular complexity index is 3130. The predicted molar refractivity (Wildman–Crippen MR) is 295 cm³/mol. The smallest absolute Gasteiger partial charge is 0.209 e. The maximum absolute atomic E-state index is 4.83. The van der Waals surface area contributed by atoms with Gasteiger partial charge in [0.1, 0.15) is 7.05 Å². The Hall–Kier alpha value is -6.71. The summed E-state index contributed by atoms with van der Waals surface area (Å²) in [4.78, 5) is 4.80. The number of benzene rings is 6. The molecule has 6 aromatic rings. The van der Waals surface area contributed by atoms with Crippen LogP contribution >= 0.6 is 0 Å². The van der Waals surface area contributed by atoms with Crippen molar-refractivity contribution in [3.63, 3.8) is 0 Å². The van der Waals surface area contributed by atoms with E-state index in [1.54, 1.807) is 0 Å². The Kier molecular flexibility index (Phi) is 12.3. The summed E-state index contributed by atoms with van der Waals surface area (Å²) in [7, 11) is 6.65. The zero-order valence-electron chi connectivity index (χ0n) is 43.3. The zero-order chi connectivity index (χ0) is 49.0. The van der Waals surface area contributed by atoms with Gasteiger partial charge in [0.2, 0.25) is 5.69 Å². The van der Waals surface area contributed by atoms with Crippen molar-refractivity contribution in [2.45, 2.75) is 103 Å². The summed E-state index contributed by atoms with van der Waals surface area (Å²) in [6.07, 6.45) is 16.4. The minimum atomic E-state index is -0.332. The Balaban J connectivity index is 1.04. The molecule has 3 heterocycles. The molecule has 0 aliphatic carbocycles. The molecule has 0 radical (unpaired) electrons. The first kappa shape index (κ1) is 47.4. The largest absolute Gasteiger partial charge is 0.347 e. The molecule has 2 atom stereocenters. The first-order valence-corrected chi connectivity index (χ1v) is 24.9. The number of nitrogens with zero attached hydrogens (tertiary/aromatic N) is 3. The van der Waals surface area contributed by atoms with Crippen molar-refractivity contribution < 1.29 is 4.58 Å². The van der Waals surface area contributed by atoms with Gasteiger partial charge in [0, 0.05) is 70.8 Å². The maximum Gasteiger partial charge on any atom is 0.209 e. The molecule has 6 aromatic carbocycles. The van der Waals surface area contributed by atoms with Crippen LogP contribution in [0, 0.1) is 20.8 Å². The molecule has 3 nitrogen and oxygen atoms in total. The summed E-state index contributed by atoms with van der Waals surface area (Å²) in [5.41, 5.74) is 22.9. The number of hydrogen-bond acceptors (Lipinski definition) is 2. The number of aryl methyl sites for hydroxylation is 3. The fraction of sp³-hybridized carbons (Fsp3) is 0.288. The van der Waals surface area contributed by atoms with E-state index in [0.29, 0.717) is 0 Å². The van der Waals surface area contributed by atoms with Crippen molar-refractivity contribution in [1.29, 1.82) is 0 Å². The van der Waals surface area contributed by atoms with Gasteiger partial charge in [-0.2, -0.15) is 4.58 Å². The lowest BCUT2D eigenvalue weighted by molar-refractivity contribution is -0.401. The van der Waals surface area contributed by atoms with Crippen molar-refractivity contribution in [3.8, 4) is 0 Å². The van der Waals surface area contributed by atoms with Crippen molar-refractivity contribution in [2.75, 3.05) is 30.9 Å². The van der Waals surface area contributed by atoms with Crippen LogP contribution in [0.4, 0.5) is 17.1 Å². The molecule has 0 spiro atoms. The van der Waals surface area contributed by atoms with Crippen molar-refractivity contribution in [3.05, 3.63) is 255 Å². The van der Waals surface area contributed by atoms with Crippen LogP contribution in [-0.2, 0) is 40.9 Å². The molecule has 350 valence electrons. The van der Waals surface area contributed by atoms with Gasteiger partial charge in [-0.1, -0.05) is 161 Å². The predicted octanol–water partition coefficient (Wildman–Crippen LogP) is 15.2. The Morgan fingerprint density at radius 2 is 1.19 bits per heavy atom. The molecule has 3 aliphatic rings. The first-order chi connectivity index (χ1) is 32.9. The number of anilines is 2. The van der Waals surface area contributed by atoms with E-state index in [-0.39, 0.29) is 21.7 Å². The minimum Gasteiger partial charge on any atom is -0.347 e. The minimum absolute atomic E-state index is 0.0828. The Morgan fingerprint density at radius 1 is 0.609 bits per heavy atom. The molecule has 3 heteroatoms. The average molecular weight is 907 g/mol. The molecular formula is C66H72N3+. The summed E-state index contributed by atoms with van der Waals surface area (Å²) < 4.78 is 2.36. The van der Waals surface area contributed by atoms with Crippen LogP contribution in [0.2, 0.25) is 0 Å². The van der Waals surface area contributed by atoms with Crippen molar-refractivity contribution in [2.24, 2.45) is 0 Å². The number of likely N-dealkylation sites (N-methyl/N-ethyl adjacent to an activating group) is 2. The molecule has 0 N–H and O–H groups in total. The second-order valence-corrected chi connectivity index (χ2v) is 21.7. The summed E-state index contributed by atoms with van der Waals surface area (Å²) in [5, 5.41) is 0. The van der Waals surface area contributed by atoms with E-state index >= 15 is 0 Å². The van der Waals surface area contributed by atoms with Gasteiger partial charge < -0.3 is 9.80 Å². The lowest BCUT2D eigenvalue weighted by atomic mass is 9.69. The molecule has 0 aromatic heterocycles. The molecule has 0 saturated heterocycles. The summed E-state index contributed by atoms with van der Waals surface area (Å²) >= 11 is 0. The van der Waals surface area contributed by atoms with E-state index in [1.165, 1.54) is 95.4 Å². The Morgan fingerprint density at radius 3 is 1.87 bits per heavy atom. The standard InChI is InChI=1S/C66H72N3/c1-45-39-55(65(9,43-49-27-16-14-17-28-49)48(4)26-24-35-60-63(5,6)53-31-20-22-33-57(53)67(60)11)47(3)38-51(45)41-52-42-59-56(40-46(52)2)66(10,44-50-29-18-15-19-30-50)62(69(59)13)37-25-36-61-64(7,8)54-32-21-23-34-58(54)68(61)12/h14-40,42H,4,41,43-44H2,1-3,5-13H3/q+1/b26-24+,60-35+. The highest BCUT2D eigenvalue weighted by molar-refractivity contribution is 6.03. The second-order valence-electron chi connectivity index (χ2n) is 21.7. The lowest BCUT2D eigenvalue weighted by Gasteiger charge is -2.34. The van der Waals surface area contributed by atoms with E-state index in [1.807, 2.05) is 0 Å². The summed E-state index contributed by atoms with van der Waals surface area (Å²) in [5.74, 6) is 0. The normalized spacial score (nSPS) is 20.1. The molecule has 69 heavy (non-hydrogen) atoms. The van der Waals surface area contributed by atoms with Gasteiger partial charge in [-0.3, -0.25) is 0 Å². The third kappa shape index (κ3) is 8.28. The Labute approximate surface area is 414 Å². The van der Waals surface area contributed by atoms with Crippen LogP contribution in [-0.4, -0.2) is 31.4 Å². The van der Waals surface area contributed by atoms with Crippen LogP contribution in [0.5, 0.6) is 0 Å². The van der Waals surface area contributed by atoms with E-state index in [9.17, 15) is 0 Å². The summed E-state index contributed by atoms with van der Waals surface area (Å²) in [6.45, 7) is 25.9. The maximum atomic E-state index is 4.83. The van der Waals surface area contributed by atoms with Gasteiger partial charge >= 0.3 is 0 Å². The number of hydrogen-bond donors (Lipinski definition) is 0. The lowest BCUT2D eigenvalue weighted by Crippen LogP contribution is -2.29. The van der Waals surface area contributed by atoms with E-state index in [4.69, 9.17) is 6.58 Å². The molecule has 9 rings (SSSR count). The topological polar surface area (TPSA) is 9.49 Å². The highest BCUT2D eigenvalue weighted by atomic mass is 15.2. The van der Waals surface area contributed by atoms with Crippen LogP contribution in [0.1, 0.15) is 103 Å². The molecule has 0 amide bonds. The molecule has 0 fully saturated rings. The van der Waals surface area contributed by atoms with Crippen LogP contribution < -0.4 is 9.80 Å². The number of allylic oxidation sites excluding steroid dienone is 9. The third-order valence-corrected chi connectivity index (χ3v) is 16.4. The fourth-order valence-corrected chi connectivity index (χ4v) is 12.3. The van der Waals surface area contributed by atoms with Crippen LogP contribution in [0.3, 0.4) is 0 Å². The number of fused-ring (bicyclic) bond motifs is 3. The van der Waals surface area contributed by atoms with E-state index in [2.05, 4.69) is 268 Å². The highest BCUT2D eigenvalue weighted by Gasteiger charge is 2.45. The van der Waals surface area contributed by atoms with Crippen LogP contribution in [0.25, 0.3) is 0 Å². The third-order valence-electron chi connectivity index (χ3n) is 16.4. The fourth-order valence-electron chi connectivity index (χ4n) is 12.3. The number of rotatable bonds is 12. The first-order valence-electron chi connectivity index (χ1n) is 24.9. The molecule has 2 unspecified atom stereocenters. The second kappa shape index (κ2) is 18.0. The van der Waals surface area contributed by atoms with Gasteiger partial charge in [-0.15, -0.1) is 0 Å². The molecule has 0 bridgehead atoms. The van der Waals surface area contributed by atoms with Gasteiger partial charge in [-0.05, 0) is 146 Å². The van der Waals surface area contributed by atoms with Crippen LogP contribution in [0.15, 0.2) is 193 Å². The average Bonchev–Trinajstić information content (AvgIpc) is 3.74. The van der Waals surface area contributed by atoms with Crippen molar-refractivity contribution in [1.82, 2.24) is 0 Å². The quantitative estimate of drug-likeness (QED) is 0.0894. The number of para-hydroxylation sites is 2. The van der Waals surface area contributed by atoms with Gasteiger partial charge in [-0.25, -0.2) is 0 Å². The van der Waals surface area contributed by atoms with Gasteiger partial charge in [0.15, 0.2) is 5.71 Å². The molecule has 0 saturated carbocycles. The zero-order valence-corrected chi connectivity index (χ0v) is 43.3. The van der Waals surface area contributed by atoms with Gasteiger partial charge in [0.25, 0.3) is 0 Å². The van der Waals surface area contributed by atoms with Crippen molar-refractivity contribution >= 4 is 22.8 Å². The monoisotopic (exact) mass is 907 g/mol. The highest BCUT2D eigenvalue weighted by Crippen LogP contribution is 2.51. The van der Waals surface area contributed by atoms with E-state index < -0.39 is 0 Å². The summed E-state index contributed by atoms with van der Waals surface area (Å²) in [6, 6.07) is 49.4.